The van der Waals surface area contributed by atoms with Crippen LogP contribution in [0.4, 0.5) is 5.69 Å². The normalized spacial score (nSPS) is 15.3. The van der Waals surface area contributed by atoms with E-state index in [0.717, 1.165) is 5.56 Å². The lowest BCUT2D eigenvalue weighted by Crippen LogP contribution is -2.10. The highest BCUT2D eigenvalue weighted by Gasteiger charge is 2.14. The smallest absolute Gasteiger partial charge is 0.232 e. The van der Waals surface area contributed by atoms with Gasteiger partial charge in [0, 0.05) is 10.7 Å². The number of amides is 1. The van der Waals surface area contributed by atoms with Crippen molar-refractivity contribution in [3.05, 3.63) is 23.8 Å². The van der Waals surface area contributed by atoms with Crippen LogP contribution in [0.5, 0.6) is 5.75 Å². The molecule has 1 N–H and O–H groups in total. The van der Waals surface area contributed by atoms with Crippen LogP contribution in [-0.4, -0.2) is 26.7 Å². The third-order valence-electron chi connectivity index (χ3n) is 2.54. The summed E-state index contributed by atoms with van der Waals surface area (Å²) in [5, 5.41) is 2.71. The third kappa shape index (κ3) is 3.61. The van der Waals surface area contributed by atoms with Crippen molar-refractivity contribution >= 4 is 31.3 Å². The quantitative estimate of drug-likeness (QED) is 0.856. The molecule has 7 heteroatoms. The van der Waals surface area contributed by atoms with Gasteiger partial charge in [0.25, 0.3) is 0 Å². The molecule has 1 heterocycles. The highest BCUT2D eigenvalue weighted by Crippen LogP contribution is 2.28. The molecule has 0 bridgehead atoms. The fraction of sp³-hybridized carbons (Fsp3) is 0.364. The van der Waals surface area contributed by atoms with Crippen molar-refractivity contribution in [3.63, 3.8) is 0 Å². The fourth-order valence-corrected chi connectivity index (χ4v) is 2.37. The monoisotopic (exact) mass is 289 g/mol. The summed E-state index contributed by atoms with van der Waals surface area (Å²) in [4.78, 5) is 11.4. The van der Waals surface area contributed by atoms with Crippen molar-refractivity contribution < 1.29 is 17.9 Å². The van der Waals surface area contributed by atoms with Gasteiger partial charge >= 0.3 is 0 Å². The zero-order valence-corrected chi connectivity index (χ0v) is 11.1. The van der Waals surface area contributed by atoms with E-state index in [1.165, 1.54) is 0 Å². The molecule has 0 aliphatic carbocycles. The summed E-state index contributed by atoms with van der Waals surface area (Å²) in [5.74, 6) is 0.344. The molecule has 1 aliphatic heterocycles. The number of aryl methyl sites for hydroxylation is 1. The summed E-state index contributed by atoms with van der Waals surface area (Å²) in [6.07, 6.45) is 0.606. The van der Waals surface area contributed by atoms with Gasteiger partial charge in [0.2, 0.25) is 15.0 Å². The van der Waals surface area contributed by atoms with Gasteiger partial charge in [-0.1, -0.05) is 6.07 Å². The van der Waals surface area contributed by atoms with Gasteiger partial charge in [-0.2, -0.15) is 0 Å². The van der Waals surface area contributed by atoms with E-state index in [4.69, 9.17) is 15.4 Å². The zero-order valence-electron chi connectivity index (χ0n) is 9.48. The van der Waals surface area contributed by atoms with Crippen LogP contribution in [-0.2, 0) is 20.3 Å². The number of benzene rings is 1. The largest absolute Gasteiger partial charge is 0.491 e. The second-order valence-corrected chi connectivity index (χ2v) is 6.87. The van der Waals surface area contributed by atoms with E-state index in [1.54, 1.807) is 18.2 Å². The van der Waals surface area contributed by atoms with Crippen molar-refractivity contribution in [3.8, 4) is 5.75 Å². The van der Waals surface area contributed by atoms with Crippen molar-refractivity contribution in [2.75, 3.05) is 17.7 Å². The minimum Gasteiger partial charge on any atom is -0.491 e. The number of anilines is 1. The Morgan fingerprint density at radius 3 is 2.89 bits per heavy atom. The van der Waals surface area contributed by atoms with Crippen LogP contribution in [0, 0.1) is 0 Å². The first-order valence-electron chi connectivity index (χ1n) is 5.42. The molecule has 0 atom stereocenters. The maximum atomic E-state index is 11.4. The van der Waals surface area contributed by atoms with Crippen LogP contribution in [0.3, 0.4) is 0 Å². The number of ether oxygens (including phenoxy) is 1. The predicted molar refractivity (Wildman–Crippen MR) is 68.5 cm³/mol. The Balaban J connectivity index is 2.18. The average molecular weight is 290 g/mol. The molecular weight excluding hydrogens is 278 g/mol. The lowest BCUT2D eigenvalue weighted by Gasteiger charge is -2.08. The first kappa shape index (κ1) is 13.2. The van der Waals surface area contributed by atoms with E-state index >= 15 is 0 Å². The number of carbonyl (C=O) groups excluding carboxylic acids is 1. The van der Waals surface area contributed by atoms with Crippen molar-refractivity contribution in [2.24, 2.45) is 0 Å². The Hall–Kier alpha value is -1.27. The zero-order chi connectivity index (χ0) is 13.2. The summed E-state index contributed by atoms with van der Waals surface area (Å²) in [5.41, 5.74) is 1.35. The number of halogens is 1. The highest BCUT2D eigenvalue weighted by atomic mass is 35.7. The van der Waals surface area contributed by atoms with Crippen LogP contribution < -0.4 is 10.1 Å². The molecule has 98 valence electrons. The van der Waals surface area contributed by atoms with Gasteiger partial charge in [0.05, 0.1) is 24.5 Å². The summed E-state index contributed by atoms with van der Waals surface area (Å²) in [6.45, 7) is 0.342. The maximum absolute atomic E-state index is 11.4. The second-order valence-electron chi connectivity index (χ2n) is 3.97. The summed E-state index contributed by atoms with van der Waals surface area (Å²) in [6, 6.07) is 5.19. The molecule has 0 saturated carbocycles. The van der Waals surface area contributed by atoms with E-state index < -0.39 is 9.05 Å². The summed E-state index contributed by atoms with van der Waals surface area (Å²) < 4.78 is 27.1. The Morgan fingerprint density at radius 1 is 1.39 bits per heavy atom. The standard InChI is InChI=1S/C11H12ClNO4S/c12-18(15,16)6-4-8-1-2-10-9(7-8)13-11(14)3-5-17-10/h1-2,7H,3-6H2,(H,13,14). The molecule has 18 heavy (non-hydrogen) atoms. The van der Waals surface area contributed by atoms with Gasteiger partial charge in [-0.25, -0.2) is 8.42 Å². The van der Waals surface area contributed by atoms with Gasteiger partial charge < -0.3 is 10.1 Å². The lowest BCUT2D eigenvalue weighted by atomic mass is 10.1. The molecule has 0 aromatic heterocycles. The Morgan fingerprint density at radius 2 is 2.17 bits per heavy atom. The predicted octanol–water partition coefficient (Wildman–Crippen LogP) is 1.52. The van der Waals surface area contributed by atoms with Crippen LogP contribution in [0.1, 0.15) is 12.0 Å². The molecule has 5 nitrogen and oxygen atoms in total. The molecule has 1 aromatic rings. The van der Waals surface area contributed by atoms with E-state index in [1.807, 2.05) is 0 Å². The van der Waals surface area contributed by atoms with Gasteiger partial charge in [0.1, 0.15) is 5.75 Å². The van der Waals surface area contributed by atoms with E-state index in [-0.39, 0.29) is 11.7 Å². The number of carbonyl (C=O) groups is 1. The van der Waals surface area contributed by atoms with Crippen molar-refractivity contribution in [1.29, 1.82) is 0 Å². The van der Waals surface area contributed by atoms with E-state index in [2.05, 4.69) is 5.32 Å². The van der Waals surface area contributed by atoms with E-state index in [9.17, 15) is 13.2 Å². The molecule has 2 rings (SSSR count). The number of rotatable bonds is 3. The molecule has 0 unspecified atom stereocenters. The van der Waals surface area contributed by atoms with Crippen molar-refractivity contribution in [1.82, 2.24) is 0 Å². The summed E-state index contributed by atoms with van der Waals surface area (Å²) in [7, 11) is 1.65. The van der Waals surface area contributed by atoms with Crippen LogP contribution in [0.25, 0.3) is 0 Å². The number of nitrogens with one attached hydrogen (secondary N) is 1. The van der Waals surface area contributed by atoms with Gasteiger partial charge in [-0.3, -0.25) is 4.79 Å². The molecule has 0 spiro atoms. The Labute approximate surface area is 110 Å². The number of fused-ring (bicyclic) bond motifs is 1. The average Bonchev–Trinajstić information content (AvgIpc) is 2.45. The van der Waals surface area contributed by atoms with Gasteiger partial charge in [-0.05, 0) is 24.1 Å². The summed E-state index contributed by atoms with van der Waals surface area (Å²) >= 11 is 0. The molecular formula is C11H12ClNO4S. The molecule has 0 radical (unpaired) electrons. The topological polar surface area (TPSA) is 72.5 Å². The minimum absolute atomic E-state index is 0.115. The molecule has 1 aromatic carbocycles. The first-order valence-corrected chi connectivity index (χ1v) is 7.90. The van der Waals surface area contributed by atoms with Crippen LogP contribution in [0.2, 0.25) is 0 Å². The molecule has 1 aliphatic rings. The lowest BCUT2D eigenvalue weighted by molar-refractivity contribution is -0.116. The van der Waals surface area contributed by atoms with Crippen LogP contribution in [0.15, 0.2) is 18.2 Å². The Bertz CT molecular complexity index is 570. The van der Waals surface area contributed by atoms with Crippen LogP contribution >= 0.6 is 10.7 Å². The van der Waals surface area contributed by atoms with Crippen molar-refractivity contribution in [2.45, 2.75) is 12.8 Å². The number of hydrogen-bond acceptors (Lipinski definition) is 4. The third-order valence-corrected chi connectivity index (χ3v) is 3.69. The van der Waals surface area contributed by atoms with Gasteiger partial charge in [-0.15, -0.1) is 0 Å². The highest BCUT2D eigenvalue weighted by molar-refractivity contribution is 8.13. The maximum Gasteiger partial charge on any atom is 0.232 e. The van der Waals surface area contributed by atoms with E-state index in [0.29, 0.717) is 30.9 Å². The minimum atomic E-state index is -3.51. The number of hydrogen-bond donors (Lipinski definition) is 1. The molecule has 0 saturated heterocycles. The Kier molecular flexibility index (Phi) is 3.77. The fourth-order valence-electron chi connectivity index (χ4n) is 1.66. The SMILES string of the molecule is O=C1CCOc2ccc(CCS(=O)(=O)Cl)cc2N1. The van der Waals surface area contributed by atoms with Gasteiger partial charge in [0.15, 0.2) is 0 Å². The molecule has 0 fully saturated rings. The second kappa shape index (κ2) is 5.16. The first-order chi connectivity index (χ1) is 8.44. The molecule has 1 amide bonds.